The second kappa shape index (κ2) is 8.20. The number of hydrogen-bond acceptors (Lipinski definition) is 4. The molecule has 1 aliphatic rings. The van der Waals surface area contributed by atoms with E-state index >= 15 is 0 Å². The van der Waals surface area contributed by atoms with Gasteiger partial charge in [0.05, 0.1) is 0 Å². The number of carbonyl (C=O) groups is 1. The Hall–Kier alpha value is -2.01. The second-order valence-corrected chi connectivity index (χ2v) is 7.01. The van der Waals surface area contributed by atoms with Crippen LogP contribution in [0.2, 0.25) is 0 Å². The zero-order valence-electron chi connectivity index (χ0n) is 15.2. The first kappa shape index (κ1) is 18.3. The molecule has 0 aliphatic carbocycles. The number of anilines is 1. The van der Waals surface area contributed by atoms with E-state index in [9.17, 15) is 4.79 Å². The molecule has 5 nitrogen and oxygen atoms in total. The first-order chi connectivity index (χ1) is 11.4. The van der Waals surface area contributed by atoms with Crippen LogP contribution in [-0.2, 0) is 4.74 Å². The van der Waals surface area contributed by atoms with Gasteiger partial charge in [-0.2, -0.15) is 0 Å². The van der Waals surface area contributed by atoms with E-state index in [-0.39, 0.29) is 6.09 Å². The molecule has 0 bridgehead atoms. The zero-order chi connectivity index (χ0) is 17.6. The smallest absolute Gasteiger partial charge is 0.410 e. The van der Waals surface area contributed by atoms with Crippen molar-refractivity contribution in [3.63, 3.8) is 0 Å². The molecule has 0 radical (unpaired) electrons. The summed E-state index contributed by atoms with van der Waals surface area (Å²) in [6.07, 6.45) is 4.00. The van der Waals surface area contributed by atoms with E-state index in [1.54, 1.807) is 4.90 Å². The molecular weight excluding hydrogens is 302 g/mol. The van der Waals surface area contributed by atoms with Gasteiger partial charge in [0.1, 0.15) is 5.60 Å². The van der Waals surface area contributed by atoms with Gasteiger partial charge in [-0.15, -0.1) is 0 Å². The number of rotatable bonds is 4. The maximum Gasteiger partial charge on any atom is 0.410 e. The van der Waals surface area contributed by atoms with Gasteiger partial charge in [-0.25, -0.2) is 4.79 Å². The Morgan fingerprint density at radius 2 is 1.79 bits per heavy atom. The lowest BCUT2D eigenvalue weighted by Gasteiger charge is -2.36. The van der Waals surface area contributed by atoms with Crippen LogP contribution in [0.3, 0.4) is 0 Å². The number of nitrogens with one attached hydrogen (secondary N) is 1. The Labute approximate surface area is 145 Å². The first-order valence-electron chi connectivity index (χ1n) is 8.53. The predicted octanol–water partition coefficient (Wildman–Crippen LogP) is 2.98. The molecule has 2 rings (SSSR count). The standard InChI is InChI=1S/C19H29N3O2/c1-19(2,3)24-18(23)22-14-12-21(13-15-22)17-9-7-16(8-10-17)6-5-11-20-4/h5-10,20H,11-15H2,1-4H3. The molecule has 1 saturated heterocycles. The number of benzene rings is 1. The molecule has 0 saturated carbocycles. The van der Waals surface area contributed by atoms with Crippen LogP contribution in [0.1, 0.15) is 26.3 Å². The lowest BCUT2D eigenvalue weighted by Crippen LogP contribution is -2.50. The van der Waals surface area contributed by atoms with E-state index < -0.39 is 5.60 Å². The van der Waals surface area contributed by atoms with Gasteiger partial charge in [-0.05, 0) is 45.5 Å². The van der Waals surface area contributed by atoms with Crippen LogP contribution in [0.4, 0.5) is 10.5 Å². The first-order valence-corrected chi connectivity index (χ1v) is 8.53. The van der Waals surface area contributed by atoms with Crippen LogP contribution in [0.5, 0.6) is 0 Å². The highest BCUT2D eigenvalue weighted by Gasteiger charge is 2.25. The van der Waals surface area contributed by atoms with Crippen LogP contribution >= 0.6 is 0 Å². The monoisotopic (exact) mass is 331 g/mol. The van der Waals surface area contributed by atoms with E-state index in [0.717, 1.165) is 19.6 Å². The molecule has 132 valence electrons. The Morgan fingerprint density at radius 1 is 1.17 bits per heavy atom. The summed E-state index contributed by atoms with van der Waals surface area (Å²) in [6, 6.07) is 8.54. The minimum atomic E-state index is -0.440. The number of ether oxygens (including phenoxy) is 1. The number of amides is 1. The van der Waals surface area contributed by atoms with Gasteiger partial charge < -0.3 is 19.9 Å². The van der Waals surface area contributed by atoms with Gasteiger partial charge in [-0.1, -0.05) is 24.3 Å². The maximum absolute atomic E-state index is 12.1. The van der Waals surface area contributed by atoms with Crippen molar-refractivity contribution < 1.29 is 9.53 Å². The molecule has 1 aromatic carbocycles. The van der Waals surface area contributed by atoms with Crippen LogP contribution in [0, 0.1) is 0 Å². The second-order valence-electron chi connectivity index (χ2n) is 7.01. The van der Waals surface area contributed by atoms with Gasteiger partial charge in [0.25, 0.3) is 0 Å². The summed E-state index contributed by atoms with van der Waals surface area (Å²) >= 11 is 0. The van der Waals surface area contributed by atoms with Gasteiger partial charge in [-0.3, -0.25) is 0 Å². The van der Waals surface area contributed by atoms with E-state index in [0.29, 0.717) is 13.1 Å². The normalized spacial score (nSPS) is 15.8. The summed E-state index contributed by atoms with van der Waals surface area (Å²) in [5.41, 5.74) is 1.95. The third-order valence-corrected chi connectivity index (χ3v) is 3.82. The van der Waals surface area contributed by atoms with E-state index in [1.165, 1.54) is 11.3 Å². The summed E-state index contributed by atoms with van der Waals surface area (Å²) in [4.78, 5) is 16.2. The summed E-state index contributed by atoms with van der Waals surface area (Å²) in [6.45, 7) is 9.60. The SMILES string of the molecule is CNCC=Cc1ccc(N2CCN(C(=O)OC(C)(C)C)CC2)cc1. The quantitative estimate of drug-likeness (QED) is 0.921. The summed E-state index contributed by atoms with van der Waals surface area (Å²) in [7, 11) is 1.93. The minimum Gasteiger partial charge on any atom is -0.444 e. The minimum absolute atomic E-state index is 0.216. The summed E-state index contributed by atoms with van der Waals surface area (Å²) in [5.74, 6) is 0. The molecule has 1 fully saturated rings. The summed E-state index contributed by atoms with van der Waals surface area (Å²) in [5, 5.41) is 3.09. The Bertz CT molecular complexity index is 553. The Balaban J connectivity index is 1.87. The van der Waals surface area contributed by atoms with Gasteiger partial charge in [0, 0.05) is 38.4 Å². The average molecular weight is 331 g/mol. The van der Waals surface area contributed by atoms with Gasteiger partial charge in [0.2, 0.25) is 0 Å². The van der Waals surface area contributed by atoms with Crippen molar-refractivity contribution >= 4 is 17.9 Å². The highest BCUT2D eigenvalue weighted by atomic mass is 16.6. The molecule has 0 unspecified atom stereocenters. The van der Waals surface area contributed by atoms with E-state index in [4.69, 9.17) is 4.74 Å². The Morgan fingerprint density at radius 3 is 2.33 bits per heavy atom. The Kier molecular flexibility index (Phi) is 6.26. The van der Waals surface area contributed by atoms with Crippen molar-refractivity contribution in [1.82, 2.24) is 10.2 Å². The van der Waals surface area contributed by atoms with Crippen LogP contribution in [0.25, 0.3) is 6.08 Å². The molecule has 0 aromatic heterocycles. The fourth-order valence-electron chi connectivity index (χ4n) is 2.58. The molecular formula is C19H29N3O2. The van der Waals surface area contributed by atoms with Crippen molar-refractivity contribution in [2.75, 3.05) is 44.7 Å². The zero-order valence-corrected chi connectivity index (χ0v) is 15.2. The summed E-state index contributed by atoms with van der Waals surface area (Å²) < 4.78 is 5.44. The van der Waals surface area contributed by atoms with E-state index in [1.807, 2.05) is 27.8 Å². The van der Waals surface area contributed by atoms with Crippen LogP contribution in [0.15, 0.2) is 30.3 Å². The predicted molar refractivity (Wildman–Crippen MR) is 99.4 cm³/mol. The number of hydrogen-bond donors (Lipinski definition) is 1. The highest BCUT2D eigenvalue weighted by molar-refractivity contribution is 5.68. The maximum atomic E-state index is 12.1. The molecule has 1 aromatic rings. The molecule has 24 heavy (non-hydrogen) atoms. The molecule has 0 spiro atoms. The topological polar surface area (TPSA) is 44.8 Å². The van der Waals surface area contributed by atoms with Crippen LogP contribution in [-0.4, -0.2) is 56.4 Å². The number of piperazine rings is 1. The molecule has 1 N–H and O–H groups in total. The van der Waals surface area contributed by atoms with Crippen molar-refractivity contribution in [1.29, 1.82) is 0 Å². The lowest BCUT2D eigenvalue weighted by atomic mass is 10.1. The van der Waals surface area contributed by atoms with Crippen molar-refractivity contribution in [3.8, 4) is 0 Å². The largest absolute Gasteiger partial charge is 0.444 e. The van der Waals surface area contributed by atoms with Crippen molar-refractivity contribution in [2.45, 2.75) is 26.4 Å². The number of likely N-dealkylation sites (N-methyl/N-ethyl adjacent to an activating group) is 1. The van der Waals surface area contributed by atoms with E-state index in [2.05, 4.69) is 46.6 Å². The molecule has 1 amide bonds. The fraction of sp³-hybridized carbons (Fsp3) is 0.526. The lowest BCUT2D eigenvalue weighted by molar-refractivity contribution is 0.0240. The third kappa shape index (κ3) is 5.57. The van der Waals surface area contributed by atoms with Crippen molar-refractivity contribution in [3.05, 3.63) is 35.9 Å². The molecule has 5 heteroatoms. The molecule has 1 aliphatic heterocycles. The van der Waals surface area contributed by atoms with Crippen LogP contribution < -0.4 is 10.2 Å². The number of nitrogens with zero attached hydrogens (tertiary/aromatic N) is 2. The number of carbonyl (C=O) groups excluding carboxylic acids is 1. The van der Waals surface area contributed by atoms with Crippen molar-refractivity contribution in [2.24, 2.45) is 0 Å². The van der Waals surface area contributed by atoms with Gasteiger partial charge >= 0.3 is 6.09 Å². The average Bonchev–Trinajstić information content (AvgIpc) is 2.54. The highest BCUT2D eigenvalue weighted by Crippen LogP contribution is 2.19. The molecule has 1 heterocycles. The third-order valence-electron chi connectivity index (χ3n) is 3.82. The fourth-order valence-corrected chi connectivity index (χ4v) is 2.58. The molecule has 0 atom stereocenters. The van der Waals surface area contributed by atoms with Gasteiger partial charge in [0.15, 0.2) is 0 Å².